The molecule has 3 amide bonds. The van der Waals surface area contributed by atoms with Gasteiger partial charge in [0.15, 0.2) is 6.54 Å². The molecule has 0 aromatic heterocycles. The number of carbonyl (C=O) groups is 2. The second-order valence-electron chi connectivity index (χ2n) is 7.70. The Labute approximate surface area is 161 Å². The maximum atomic E-state index is 12.1. The normalized spacial score (nSPS) is 23.4. The maximum Gasteiger partial charge on any atom is 0.321 e. The second-order valence-corrected chi connectivity index (χ2v) is 7.70. The van der Waals surface area contributed by atoms with Crippen LogP contribution in [0.5, 0.6) is 0 Å². The highest BCUT2D eigenvalue weighted by Gasteiger charge is 2.25. The van der Waals surface area contributed by atoms with Crippen LogP contribution in [-0.4, -0.2) is 57.2 Å². The number of amides is 3. The van der Waals surface area contributed by atoms with E-state index in [0.717, 1.165) is 58.4 Å². The van der Waals surface area contributed by atoms with Crippen LogP contribution in [0.4, 0.5) is 4.79 Å². The lowest BCUT2D eigenvalue weighted by molar-refractivity contribution is -1.01. The van der Waals surface area contributed by atoms with Crippen molar-refractivity contribution < 1.29 is 19.4 Å². The standard InChI is InChI=1S/C21H30N4O2/c26-20(23-21(27)22-19-10-4-5-11-19)17-25-15-13-24(14-16-25)12-6-9-18-7-2-1-3-8-18/h1-3,6-9,19H,4-5,10-17H2,(H2,22,23,26,27)/p+2/b9-6+. The van der Waals surface area contributed by atoms with Crippen LogP contribution >= 0.6 is 0 Å². The average Bonchev–Trinajstić information content (AvgIpc) is 3.17. The molecule has 1 aromatic carbocycles. The van der Waals surface area contributed by atoms with Crippen molar-refractivity contribution in [2.24, 2.45) is 0 Å². The monoisotopic (exact) mass is 372 g/mol. The van der Waals surface area contributed by atoms with E-state index in [2.05, 4.69) is 34.9 Å². The Balaban J connectivity index is 1.31. The predicted molar refractivity (Wildman–Crippen MR) is 106 cm³/mol. The summed E-state index contributed by atoms with van der Waals surface area (Å²) in [6, 6.07) is 10.2. The van der Waals surface area contributed by atoms with E-state index >= 15 is 0 Å². The molecular formula is C21H32N4O2+2. The number of hydrogen-bond donors (Lipinski definition) is 4. The van der Waals surface area contributed by atoms with E-state index in [-0.39, 0.29) is 18.0 Å². The van der Waals surface area contributed by atoms with Gasteiger partial charge in [0.25, 0.3) is 5.91 Å². The highest BCUT2D eigenvalue weighted by atomic mass is 16.2. The van der Waals surface area contributed by atoms with E-state index in [1.165, 1.54) is 10.5 Å². The number of rotatable bonds is 6. The lowest BCUT2D eigenvalue weighted by atomic mass is 10.2. The molecule has 0 atom stereocenters. The van der Waals surface area contributed by atoms with E-state index in [9.17, 15) is 9.59 Å². The van der Waals surface area contributed by atoms with E-state index in [1.54, 1.807) is 4.90 Å². The van der Waals surface area contributed by atoms with Crippen LogP contribution in [0.3, 0.4) is 0 Å². The van der Waals surface area contributed by atoms with Gasteiger partial charge in [-0.1, -0.05) is 49.2 Å². The summed E-state index contributed by atoms with van der Waals surface area (Å²) in [7, 11) is 0. The smallest absolute Gasteiger partial charge is 0.321 e. The molecule has 6 nitrogen and oxygen atoms in total. The summed E-state index contributed by atoms with van der Waals surface area (Å²) >= 11 is 0. The van der Waals surface area contributed by atoms with Crippen LogP contribution in [0.2, 0.25) is 0 Å². The molecule has 1 saturated heterocycles. The summed E-state index contributed by atoms with van der Waals surface area (Å²) in [4.78, 5) is 26.8. The third-order valence-corrected chi connectivity index (χ3v) is 5.53. The van der Waals surface area contributed by atoms with Crippen LogP contribution in [-0.2, 0) is 4.79 Å². The van der Waals surface area contributed by atoms with Crippen molar-refractivity contribution >= 4 is 18.0 Å². The summed E-state index contributed by atoms with van der Waals surface area (Å²) in [5.41, 5.74) is 1.23. The predicted octanol–water partition coefficient (Wildman–Crippen LogP) is -0.748. The summed E-state index contributed by atoms with van der Waals surface area (Å²) in [5.74, 6) is -0.173. The lowest BCUT2D eigenvalue weighted by Gasteiger charge is -2.28. The summed E-state index contributed by atoms with van der Waals surface area (Å²) in [6.07, 6.45) is 8.78. The molecule has 3 rings (SSSR count). The SMILES string of the molecule is O=C(C[NH+]1CC[NH+](C/C=C/c2ccccc2)CC1)NC(=O)NC1CCCC1. The number of hydrogen-bond acceptors (Lipinski definition) is 2. The largest absolute Gasteiger partial charge is 0.335 e. The van der Waals surface area contributed by atoms with Crippen molar-refractivity contribution in [1.29, 1.82) is 0 Å². The zero-order chi connectivity index (χ0) is 18.9. The van der Waals surface area contributed by atoms with Gasteiger partial charge in [-0.2, -0.15) is 0 Å². The summed E-state index contributed by atoms with van der Waals surface area (Å²) in [5, 5.41) is 5.39. The third-order valence-electron chi connectivity index (χ3n) is 5.53. The first kappa shape index (κ1) is 19.6. The minimum atomic E-state index is -0.332. The Morgan fingerprint density at radius 3 is 2.37 bits per heavy atom. The Kier molecular flexibility index (Phi) is 7.42. The summed E-state index contributed by atoms with van der Waals surface area (Å²) in [6.45, 7) is 5.42. The Hall–Kier alpha value is -2.18. The van der Waals surface area contributed by atoms with Gasteiger partial charge >= 0.3 is 6.03 Å². The molecule has 27 heavy (non-hydrogen) atoms. The second kappa shape index (κ2) is 10.2. The van der Waals surface area contributed by atoms with Gasteiger partial charge in [0, 0.05) is 6.04 Å². The lowest BCUT2D eigenvalue weighted by Crippen LogP contribution is -3.28. The number of carbonyl (C=O) groups excluding carboxylic acids is 2. The number of nitrogens with one attached hydrogen (secondary N) is 4. The molecule has 0 unspecified atom stereocenters. The van der Waals surface area contributed by atoms with Crippen molar-refractivity contribution in [3.05, 3.63) is 42.0 Å². The van der Waals surface area contributed by atoms with E-state index in [1.807, 2.05) is 18.2 Å². The van der Waals surface area contributed by atoms with E-state index < -0.39 is 0 Å². The van der Waals surface area contributed by atoms with Crippen molar-refractivity contribution in [1.82, 2.24) is 10.6 Å². The molecule has 146 valence electrons. The van der Waals surface area contributed by atoms with Gasteiger partial charge in [-0.3, -0.25) is 10.1 Å². The van der Waals surface area contributed by atoms with Gasteiger partial charge < -0.3 is 15.1 Å². The molecule has 1 aromatic rings. The minimum absolute atomic E-state index is 0.173. The molecule has 2 fully saturated rings. The molecular weight excluding hydrogens is 340 g/mol. The van der Waals surface area contributed by atoms with Gasteiger partial charge in [0.05, 0.1) is 6.54 Å². The fraction of sp³-hybridized carbons (Fsp3) is 0.524. The number of quaternary nitrogens is 2. The molecule has 0 bridgehead atoms. The summed E-state index contributed by atoms with van der Waals surface area (Å²) < 4.78 is 0. The van der Waals surface area contributed by atoms with Crippen LogP contribution in [0.25, 0.3) is 6.08 Å². The number of imide groups is 1. The van der Waals surface area contributed by atoms with Crippen LogP contribution in [0, 0.1) is 0 Å². The molecule has 0 spiro atoms. The van der Waals surface area contributed by atoms with Crippen molar-refractivity contribution in [3.8, 4) is 0 Å². The molecule has 0 radical (unpaired) electrons. The Morgan fingerprint density at radius 1 is 1.00 bits per heavy atom. The molecule has 6 heteroatoms. The van der Waals surface area contributed by atoms with Crippen LogP contribution in [0.15, 0.2) is 36.4 Å². The maximum absolute atomic E-state index is 12.1. The van der Waals surface area contributed by atoms with Gasteiger partial charge in [-0.25, -0.2) is 4.79 Å². The van der Waals surface area contributed by atoms with E-state index in [0.29, 0.717) is 6.54 Å². The number of urea groups is 1. The van der Waals surface area contributed by atoms with E-state index in [4.69, 9.17) is 0 Å². The first-order valence-corrected chi connectivity index (χ1v) is 10.2. The first-order chi connectivity index (χ1) is 13.2. The number of piperazine rings is 1. The average molecular weight is 373 g/mol. The van der Waals surface area contributed by atoms with Crippen molar-refractivity contribution in [2.75, 3.05) is 39.3 Å². The molecule has 4 N–H and O–H groups in total. The number of benzene rings is 1. The third kappa shape index (κ3) is 6.81. The molecule has 1 aliphatic heterocycles. The zero-order valence-electron chi connectivity index (χ0n) is 16.0. The first-order valence-electron chi connectivity index (χ1n) is 10.2. The van der Waals surface area contributed by atoms with Gasteiger partial charge in [-0.15, -0.1) is 0 Å². The van der Waals surface area contributed by atoms with Gasteiger partial charge in [0.1, 0.15) is 26.2 Å². The zero-order valence-corrected chi connectivity index (χ0v) is 16.0. The van der Waals surface area contributed by atoms with Crippen molar-refractivity contribution in [3.63, 3.8) is 0 Å². The van der Waals surface area contributed by atoms with Gasteiger partial charge in [-0.05, 0) is 24.5 Å². The highest BCUT2D eigenvalue weighted by molar-refractivity contribution is 5.94. The highest BCUT2D eigenvalue weighted by Crippen LogP contribution is 2.17. The quantitative estimate of drug-likeness (QED) is 0.531. The Morgan fingerprint density at radius 2 is 1.67 bits per heavy atom. The van der Waals surface area contributed by atoms with Crippen LogP contribution < -0.4 is 20.4 Å². The Bertz CT molecular complexity index is 633. The molecule has 2 aliphatic rings. The van der Waals surface area contributed by atoms with Crippen molar-refractivity contribution in [2.45, 2.75) is 31.7 Å². The fourth-order valence-corrected chi connectivity index (χ4v) is 3.95. The minimum Gasteiger partial charge on any atom is -0.335 e. The fourth-order valence-electron chi connectivity index (χ4n) is 3.95. The topological polar surface area (TPSA) is 67.1 Å². The molecule has 1 heterocycles. The van der Waals surface area contributed by atoms with Crippen LogP contribution in [0.1, 0.15) is 31.2 Å². The van der Waals surface area contributed by atoms with Gasteiger partial charge in [0.2, 0.25) is 0 Å². The molecule has 1 aliphatic carbocycles. The molecule has 1 saturated carbocycles.